The second kappa shape index (κ2) is 8.19. The Balaban J connectivity index is 1.56. The smallest absolute Gasteiger partial charge is 0.411 e. The third kappa shape index (κ3) is 4.73. The molecule has 1 atom stereocenters. The van der Waals surface area contributed by atoms with Gasteiger partial charge in [0, 0.05) is 22.8 Å². The van der Waals surface area contributed by atoms with E-state index < -0.39 is 6.09 Å². The minimum atomic E-state index is -0.576. The van der Waals surface area contributed by atoms with Gasteiger partial charge >= 0.3 is 6.09 Å². The molecule has 1 aliphatic rings. The molecule has 3 rings (SSSR count). The standard InChI is InChI=1S/C19H18ClFN2O3/c20-14-5-9-16(10-6-14)22-19(25)26-17-2-1-11-23(12-17)18(24)13-3-7-15(21)8-4-13/h3-10,17H,1-2,11-12H2,(H,22,25). The number of rotatable bonds is 3. The minimum absolute atomic E-state index is 0.198. The highest BCUT2D eigenvalue weighted by atomic mass is 35.5. The molecule has 26 heavy (non-hydrogen) atoms. The fourth-order valence-corrected chi connectivity index (χ4v) is 2.95. The van der Waals surface area contributed by atoms with Gasteiger partial charge in [-0.25, -0.2) is 9.18 Å². The third-order valence-electron chi connectivity index (χ3n) is 4.12. The monoisotopic (exact) mass is 376 g/mol. The molecular formula is C19H18ClFN2O3. The van der Waals surface area contributed by atoms with Crippen LogP contribution in [0.3, 0.4) is 0 Å². The zero-order valence-corrected chi connectivity index (χ0v) is 14.7. The van der Waals surface area contributed by atoms with Crippen molar-refractivity contribution in [2.24, 2.45) is 0 Å². The summed E-state index contributed by atoms with van der Waals surface area (Å²) >= 11 is 5.81. The summed E-state index contributed by atoms with van der Waals surface area (Å²) in [5, 5.41) is 3.21. The van der Waals surface area contributed by atoms with Crippen molar-refractivity contribution in [2.45, 2.75) is 18.9 Å². The van der Waals surface area contributed by atoms with Crippen molar-refractivity contribution < 1.29 is 18.7 Å². The first-order chi connectivity index (χ1) is 12.5. The van der Waals surface area contributed by atoms with E-state index >= 15 is 0 Å². The number of likely N-dealkylation sites (tertiary alicyclic amines) is 1. The zero-order valence-electron chi connectivity index (χ0n) is 14.0. The molecule has 1 aliphatic heterocycles. The maximum Gasteiger partial charge on any atom is 0.411 e. The molecule has 1 heterocycles. The molecule has 7 heteroatoms. The first-order valence-electron chi connectivity index (χ1n) is 8.29. The van der Waals surface area contributed by atoms with Gasteiger partial charge in [0.15, 0.2) is 0 Å². The number of benzene rings is 2. The SMILES string of the molecule is O=C(Nc1ccc(Cl)cc1)OC1CCCN(C(=O)c2ccc(F)cc2)C1. The van der Waals surface area contributed by atoms with Crippen LogP contribution in [0.25, 0.3) is 0 Å². The molecule has 1 saturated heterocycles. The normalized spacial score (nSPS) is 16.8. The van der Waals surface area contributed by atoms with Crippen LogP contribution < -0.4 is 5.32 Å². The molecule has 0 bridgehead atoms. The number of anilines is 1. The van der Waals surface area contributed by atoms with Crippen molar-refractivity contribution in [1.82, 2.24) is 4.90 Å². The predicted octanol–water partition coefficient (Wildman–Crippen LogP) is 4.33. The van der Waals surface area contributed by atoms with Gasteiger partial charge in [0.25, 0.3) is 5.91 Å². The molecule has 0 radical (unpaired) electrons. The molecule has 0 aromatic heterocycles. The molecule has 1 N–H and O–H groups in total. The van der Waals surface area contributed by atoms with Gasteiger partial charge in [-0.15, -0.1) is 0 Å². The number of hydrogen-bond acceptors (Lipinski definition) is 3. The van der Waals surface area contributed by atoms with E-state index in [1.807, 2.05) is 0 Å². The average Bonchev–Trinajstić information content (AvgIpc) is 2.64. The molecule has 2 aromatic rings. The van der Waals surface area contributed by atoms with Gasteiger partial charge < -0.3 is 9.64 Å². The summed E-state index contributed by atoms with van der Waals surface area (Å²) in [5.74, 6) is -0.586. The van der Waals surface area contributed by atoms with Gasteiger partial charge in [0.05, 0.1) is 6.54 Å². The number of nitrogens with zero attached hydrogens (tertiary/aromatic N) is 1. The molecular weight excluding hydrogens is 359 g/mol. The molecule has 0 saturated carbocycles. The van der Waals surface area contributed by atoms with Crippen molar-refractivity contribution in [2.75, 3.05) is 18.4 Å². The first-order valence-corrected chi connectivity index (χ1v) is 8.67. The van der Waals surface area contributed by atoms with Gasteiger partial charge in [0.1, 0.15) is 11.9 Å². The highest BCUT2D eigenvalue weighted by Gasteiger charge is 2.27. The van der Waals surface area contributed by atoms with Crippen LogP contribution in [0.5, 0.6) is 0 Å². The summed E-state index contributed by atoms with van der Waals surface area (Å²) in [4.78, 5) is 26.2. The Labute approximate surface area is 155 Å². The van der Waals surface area contributed by atoms with Crippen LogP contribution in [-0.2, 0) is 4.74 Å². The lowest BCUT2D eigenvalue weighted by Crippen LogP contribution is -2.44. The Morgan fingerprint density at radius 2 is 1.81 bits per heavy atom. The Morgan fingerprint density at radius 1 is 1.12 bits per heavy atom. The Bertz CT molecular complexity index is 780. The summed E-state index contributed by atoms with van der Waals surface area (Å²) < 4.78 is 18.4. The van der Waals surface area contributed by atoms with E-state index in [1.165, 1.54) is 24.3 Å². The van der Waals surface area contributed by atoms with Gasteiger partial charge in [-0.05, 0) is 61.4 Å². The third-order valence-corrected chi connectivity index (χ3v) is 4.37. The van der Waals surface area contributed by atoms with E-state index in [9.17, 15) is 14.0 Å². The van der Waals surface area contributed by atoms with Crippen LogP contribution in [-0.4, -0.2) is 36.1 Å². The summed E-state index contributed by atoms with van der Waals surface area (Å²) in [6.07, 6.45) is 0.446. The minimum Gasteiger partial charge on any atom is -0.444 e. The van der Waals surface area contributed by atoms with Crippen molar-refractivity contribution in [1.29, 1.82) is 0 Å². The topological polar surface area (TPSA) is 58.6 Å². The number of carbonyl (C=O) groups is 2. The lowest BCUT2D eigenvalue weighted by molar-refractivity contribution is 0.0387. The predicted molar refractivity (Wildman–Crippen MR) is 96.9 cm³/mol. The van der Waals surface area contributed by atoms with Crippen LogP contribution in [0.1, 0.15) is 23.2 Å². The van der Waals surface area contributed by atoms with Crippen LogP contribution in [0.4, 0.5) is 14.9 Å². The second-order valence-electron chi connectivity index (χ2n) is 6.06. The number of piperidine rings is 1. The maximum atomic E-state index is 13.0. The Morgan fingerprint density at radius 3 is 2.50 bits per heavy atom. The van der Waals surface area contributed by atoms with E-state index in [0.29, 0.717) is 35.8 Å². The van der Waals surface area contributed by atoms with E-state index in [-0.39, 0.29) is 17.8 Å². The number of amides is 2. The highest BCUT2D eigenvalue weighted by Crippen LogP contribution is 2.18. The zero-order chi connectivity index (χ0) is 18.5. The van der Waals surface area contributed by atoms with Crippen LogP contribution >= 0.6 is 11.6 Å². The summed E-state index contributed by atoms with van der Waals surface area (Å²) in [7, 11) is 0. The molecule has 5 nitrogen and oxygen atoms in total. The quantitative estimate of drug-likeness (QED) is 0.867. The van der Waals surface area contributed by atoms with Crippen LogP contribution in [0.2, 0.25) is 5.02 Å². The fourth-order valence-electron chi connectivity index (χ4n) is 2.83. The number of halogens is 2. The van der Waals surface area contributed by atoms with Gasteiger partial charge in [0.2, 0.25) is 0 Å². The van der Waals surface area contributed by atoms with Gasteiger partial charge in [-0.2, -0.15) is 0 Å². The largest absolute Gasteiger partial charge is 0.444 e. The molecule has 0 spiro atoms. The summed E-state index contributed by atoms with van der Waals surface area (Å²) in [6.45, 7) is 0.888. The number of nitrogens with one attached hydrogen (secondary N) is 1. The summed E-state index contributed by atoms with van der Waals surface area (Å²) in [6, 6.07) is 12.1. The van der Waals surface area contributed by atoms with E-state index in [1.54, 1.807) is 29.2 Å². The average molecular weight is 377 g/mol. The highest BCUT2D eigenvalue weighted by molar-refractivity contribution is 6.30. The lowest BCUT2D eigenvalue weighted by atomic mass is 10.1. The van der Waals surface area contributed by atoms with Crippen molar-refractivity contribution in [3.63, 3.8) is 0 Å². The Kier molecular flexibility index (Phi) is 5.73. The number of ether oxygens (including phenoxy) is 1. The van der Waals surface area contributed by atoms with Crippen LogP contribution in [0.15, 0.2) is 48.5 Å². The molecule has 1 fully saturated rings. The van der Waals surface area contributed by atoms with E-state index in [0.717, 1.165) is 6.42 Å². The van der Waals surface area contributed by atoms with Gasteiger partial charge in [-0.3, -0.25) is 10.1 Å². The first kappa shape index (κ1) is 18.2. The Hall–Kier alpha value is -2.60. The van der Waals surface area contributed by atoms with E-state index in [4.69, 9.17) is 16.3 Å². The summed E-state index contributed by atoms with van der Waals surface area (Å²) in [5.41, 5.74) is 0.993. The van der Waals surface area contributed by atoms with Crippen molar-refractivity contribution >= 4 is 29.3 Å². The molecule has 0 aliphatic carbocycles. The fraction of sp³-hybridized carbons (Fsp3) is 0.263. The van der Waals surface area contributed by atoms with E-state index in [2.05, 4.69) is 5.32 Å². The van der Waals surface area contributed by atoms with Crippen LogP contribution in [0, 0.1) is 5.82 Å². The number of hydrogen-bond donors (Lipinski definition) is 1. The van der Waals surface area contributed by atoms with Crippen molar-refractivity contribution in [3.8, 4) is 0 Å². The molecule has 136 valence electrons. The molecule has 2 aromatic carbocycles. The number of carbonyl (C=O) groups excluding carboxylic acids is 2. The maximum absolute atomic E-state index is 13.0. The lowest BCUT2D eigenvalue weighted by Gasteiger charge is -2.32. The second-order valence-corrected chi connectivity index (χ2v) is 6.50. The molecule has 1 unspecified atom stereocenters. The van der Waals surface area contributed by atoms with Gasteiger partial charge in [-0.1, -0.05) is 11.6 Å². The van der Waals surface area contributed by atoms with Crippen molar-refractivity contribution in [3.05, 3.63) is 64.9 Å². The molecule has 2 amide bonds.